The van der Waals surface area contributed by atoms with Gasteiger partial charge in [-0.3, -0.25) is 9.59 Å². The van der Waals surface area contributed by atoms with Crippen molar-refractivity contribution in [3.8, 4) is 0 Å². The van der Waals surface area contributed by atoms with Gasteiger partial charge in [0.05, 0.1) is 6.61 Å². The van der Waals surface area contributed by atoms with E-state index in [1.165, 1.54) is 13.8 Å². The number of hydrogen-bond donors (Lipinski definition) is 1. The largest absolute Gasteiger partial charge is 0.464 e. The standard InChI is InChI=1S/C9H15NO4S/c1-4-14-9(13)8(10-6(2)11)5-15-7(3)12/h8H,4-5H2,1-3H3,(H,10,11). The van der Waals surface area contributed by atoms with Crippen molar-refractivity contribution in [2.75, 3.05) is 12.4 Å². The zero-order valence-corrected chi connectivity index (χ0v) is 9.85. The molecule has 0 aliphatic carbocycles. The maximum Gasteiger partial charge on any atom is 0.329 e. The first-order valence-corrected chi connectivity index (χ1v) is 5.53. The van der Waals surface area contributed by atoms with Crippen molar-refractivity contribution in [1.29, 1.82) is 0 Å². The van der Waals surface area contributed by atoms with E-state index < -0.39 is 12.0 Å². The molecule has 0 saturated heterocycles. The second kappa shape index (κ2) is 7.28. The Hall–Kier alpha value is -1.04. The zero-order chi connectivity index (χ0) is 11.8. The van der Waals surface area contributed by atoms with Crippen LogP contribution >= 0.6 is 11.8 Å². The van der Waals surface area contributed by atoms with Gasteiger partial charge < -0.3 is 10.1 Å². The molecule has 0 spiro atoms. The number of thioether (sulfide) groups is 1. The summed E-state index contributed by atoms with van der Waals surface area (Å²) in [7, 11) is 0. The van der Waals surface area contributed by atoms with Gasteiger partial charge in [-0.05, 0) is 6.92 Å². The van der Waals surface area contributed by atoms with Crippen molar-refractivity contribution in [2.45, 2.75) is 26.8 Å². The molecule has 0 aliphatic heterocycles. The molecule has 0 aromatic carbocycles. The van der Waals surface area contributed by atoms with E-state index >= 15 is 0 Å². The molecule has 5 nitrogen and oxygen atoms in total. The normalized spacial score (nSPS) is 11.7. The molecular weight excluding hydrogens is 218 g/mol. The highest BCUT2D eigenvalue weighted by Crippen LogP contribution is 2.05. The lowest BCUT2D eigenvalue weighted by Gasteiger charge is -2.14. The maximum atomic E-state index is 11.3. The van der Waals surface area contributed by atoms with Crippen molar-refractivity contribution < 1.29 is 19.1 Å². The number of nitrogens with one attached hydrogen (secondary N) is 1. The Balaban J connectivity index is 4.23. The van der Waals surface area contributed by atoms with Crippen molar-refractivity contribution in [2.24, 2.45) is 0 Å². The topological polar surface area (TPSA) is 72.5 Å². The number of carbonyl (C=O) groups excluding carboxylic acids is 3. The number of amides is 1. The Bertz CT molecular complexity index is 254. The molecule has 0 bridgehead atoms. The fourth-order valence-electron chi connectivity index (χ4n) is 0.858. The van der Waals surface area contributed by atoms with E-state index in [2.05, 4.69) is 5.32 Å². The highest BCUT2D eigenvalue weighted by atomic mass is 32.2. The van der Waals surface area contributed by atoms with E-state index in [1.54, 1.807) is 6.92 Å². The first kappa shape index (κ1) is 14.0. The summed E-state index contributed by atoms with van der Waals surface area (Å²) < 4.78 is 4.76. The minimum atomic E-state index is -0.753. The van der Waals surface area contributed by atoms with Crippen molar-refractivity contribution in [3.63, 3.8) is 0 Å². The summed E-state index contributed by atoms with van der Waals surface area (Å²) in [6.45, 7) is 4.64. The lowest BCUT2D eigenvalue weighted by Crippen LogP contribution is -2.42. The highest BCUT2D eigenvalue weighted by molar-refractivity contribution is 8.13. The fraction of sp³-hybridized carbons (Fsp3) is 0.667. The molecule has 0 fully saturated rings. The van der Waals surface area contributed by atoms with Gasteiger partial charge in [-0.1, -0.05) is 11.8 Å². The molecule has 0 aromatic heterocycles. The number of ether oxygens (including phenoxy) is 1. The van der Waals surface area contributed by atoms with Crippen LogP contribution in [0.15, 0.2) is 0 Å². The molecule has 0 aromatic rings. The fourth-order valence-corrected chi connectivity index (χ4v) is 1.48. The van der Waals surface area contributed by atoms with Crippen LogP contribution in [0.4, 0.5) is 0 Å². The van der Waals surface area contributed by atoms with E-state index in [1.807, 2.05) is 0 Å². The first-order valence-electron chi connectivity index (χ1n) is 4.54. The maximum absolute atomic E-state index is 11.3. The van der Waals surface area contributed by atoms with Crippen LogP contribution in [0.25, 0.3) is 0 Å². The van der Waals surface area contributed by atoms with E-state index in [9.17, 15) is 14.4 Å². The van der Waals surface area contributed by atoms with Crippen LogP contribution < -0.4 is 5.32 Å². The van der Waals surface area contributed by atoms with Crippen LogP contribution in [0, 0.1) is 0 Å². The third-order valence-corrected chi connectivity index (χ3v) is 2.31. The van der Waals surface area contributed by atoms with Gasteiger partial charge in [-0.15, -0.1) is 0 Å². The number of rotatable bonds is 5. The minimum Gasteiger partial charge on any atom is -0.464 e. The van der Waals surface area contributed by atoms with E-state index in [-0.39, 0.29) is 23.4 Å². The molecule has 1 amide bonds. The van der Waals surface area contributed by atoms with Crippen LogP contribution in [-0.2, 0) is 19.1 Å². The average Bonchev–Trinajstić information content (AvgIpc) is 2.11. The highest BCUT2D eigenvalue weighted by Gasteiger charge is 2.21. The van der Waals surface area contributed by atoms with Crippen LogP contribution in [0.1, 0.15) is 20.8 Å². The van der Waals surface area contributed by atoms with Gasteiger partial charge in [0.2, 0.25) is 5.91 Å². The van der Waals surface area contributed by atoms with Crippen LogP contribution in [-0.4, -0.2) is 35.4 Å². The quantitative estimate of drug-likeness (QED) is 0.693. The SMILES string of the molecule is CCOC(=O)C(CSC(C)=O)NC(C)=O. The molecule has 0 heterocycles. The summed E-state index contributed by atoms with van der Waals surface area (Å²) in [5, 5.41) is 2.33. The van der Waals surface area contributed by atoms with E-state index in [0.29, 0.717) is 0 Å². The summed E-state index contributed by atoms with van der Waals surface area (Å²) in [4.78, 5) is 32.8. The molecule has 15 heavy (non-hydrogen) atoms. The Morgan fingerprint density at radius 1 is 1.33 bits per heavy atom. The summed E-state index contributed by atoms with van der Waals surface area (Å²) in [6, 6.07) is -0.753. The zero-order valence-electron chi connectivity index (χ0n) is 9.03. The van der Waals surface area contributed by atoms with Crippen LogP contribution in [0.3, 0.4) is 0 Å². The second-order valence-corrected chi connectivity index (χ2v) is 4.00. The minimum absolute atomic E-state index is 0.102. The van der Waals surface area contributed by atoms with Gasteiger partial charge in [0.25, 0.3) is 0 Å². The van der Waals surface area contributed by atoms with Gasteiger partial charge in [0.15, 0.2) is 5.12 Å². The Morgan fingerprint density at radius 2 is 1.93 bits per heavy atom. The van der Waals surface area contributed by atoms with Crippen LogP contribution in [0.2, 0.25) is 0 Å². The third-order valence-electron chi connectivity index (χ3n) is 1.40. The smallest absolute Gasteiger partial charge is 0.329 e. The van der Waals surface area contributed by atoms with Gasteiger partial charge >= 0.3 is 5.97 Å². The molecule has 0 radical (unpaired) electrons. The predicted molar refractivity (Wildman–Crippen MR) is 57.4 cm³/mol. The molecule has 6 heteroatoms. The number of hydrogen-bond acceptors (Lipinski definition) is 5. The molecule has 86 valence electrons. The molecule has 0 aliphatic rings. The molecule has 1 N–H and O–H groups in total. The van der Waals surface area contributed by atoms with Crippen LogP contribution in [0.5, 0.6) is 0 Å². The van der Waals surface area contributed by atoms with Gasteiger partial charge in [-0.2, -0.15) is 0 Å². The van der Waals surface area contributed by atoms with Gasteiger partial charge in [0.1, 0.15) is 6.04 Å². The first-order chi connectivity index (χ1) is 6.97. The lowest BCUT2D eigenvalue weighted by atomic mass is 10.3. The second-order valence-electron chi connectivity index (χ2n) is 2.81. The Kier molecular flexibility index (Phi) is 6.77. The molecular formula is C9H15NO4S. The van der Waals surface area contributed by atoms with Gasteiger partial charge in [-0.25, -0.2) is 4.79 Å². The van der Waals surface area contributed by atoms with Crippen molar-refractivity contribution >= 4 is 28.8 Å². The molecule has 1 unspecified atom stereocenters. The van der Waals surface area contributed by atoms with Gasteiger partial charge in [0, 0.05) is 19.6 Å². The Morgan fingerprint density at radius 3 is 2.33 bits per heavy atom. The summed E-state index contributed by atoms with van der Waals surface area (Å²) >= 11 is 0.981. The predicted octanol–water partition coefficient (Wildman–Crippen LogP) is 0.334. The van der Waals surface area contributed by atoms with E-state index in [0.717, 1.165) is 11.8 Å². The van der Waals surface area contributed by atoms with Crippen molar-refractivity contribution in [1.82, 2.24) is 5.32 Å². The molecule has 0 saturated carbocycles. The van der Waals surface area contributed by atoms with E-state index in [4.69, 9.17) is 4.74 Å². The van der Waals surface area contributed by atoms with Crippen molar-refractivity contribution in [3.05, 3.63) is 0 Å². The summed E-state index contributed by atoms with van der Waals surface area (Å²) in [6.07, 6.45) is 0. The third kappa shape index (κ3) is 6.96. The Labute approximate surface area is 92.9 Å². The number of carbonyl (C=O) groups is 3. The summed E-state index contributed by atoms with van der Waals surface area (Å²) in [5.41, 5.74) is 0. The monoisotopic (exact) mass is 233 g/mol. The number of esters is 1. The molecule has 0 rings (SSSR count). The summed E-state index contributed by atoms with van der Waals surface area (Å²) in [5.74, 6) is -0.632. The average molecular weight is 233 g/mol. The molecule has 1 atom stereocenters. The lowest BCUT2D eigenvalue weighted by molar-refractivity contribution is -0.146.